The summed E-state index contributed by atoms with van der Waals surface area (Å²) in [7, 11) is 1.65. The maximum atomic E-state index is 12.4. The molecule has 0 unspecified atom stereocenters. The smallest absolute Gasteiger partial charge is 0.260 e. The van der Waals surface area contributed by atoms with E-state index in [-0.39, 0.29) is 18.6 Å². The SMILES string of the molecule is CCC(CC)N(CCOC)C(=O)COc1ccc(I)cc1. The summed E-state index contributed by atoms with van der Waals surface area (Å²) < 4.78 is 11.8. The highest BCUT2D eigenvalue weighted by Gasteiger charge is 2.21. The second-order valence-corrected chi connectivity index (χ2v) is 6.04. The third-order valence-corrected chi connectivity index (χ3v) is 4.14. The molecule has 0 aromatic heterocycles. The van der Waals surface area contributed by atoms with Crippen molar-refractivity contribution in [3.8, 4) is 5.75 Å². The van der Waals surface area contributed by atoms with E-state index in [9.17, 15) is 4.79 Å². The first-order valence-electron chi connectivity index (χ1n) is 7.29. The van der Waals surface area contributed by atoms with Crippen LogP contribution in [0.15, 0.2) is 24.3 Å². The van der Waals surface area contributed by atoms with Gasteiger partial charge in [0.15, 0.2) is 6.61 Å². The third kappa shape index (κ3) is 6.22. The van der Waals surface area contributed by atoms with Crippen LogP contribution in [0.4, 0.5) is 0 Å². The van der Waals surface area contributed by atoms with Crippen LogP contribution < -0.4 is 4.74 Å². The van der Waals surface area contributed by atoms with Crippen molar-refractivity contribution >= 4 is 28.5 Å². The van der Waals surface area contributed by atoms with E-state index in [1.807, 2.05) is 29.2 Å². The first kappa shape index (κ1) is 18.2. The molecule has 0 fully saturated rings. The number of hydrogen-bond acceptors (Lipinski definition) is 3. The number of rotatable bonds is 9. The van der Waals surface area contributed by atoms with E-state index in [0.29, 0.717) is 13.2 Å². The van der Waals surface area contributed by atoms with Gasteiger partial charge in [-0.05, 0) is 59.7 Å². The van der Waals surface area contributed by atoms with E-state index in [4.69, 9.17) is 9.47 Å². The van der Waals surface area contributed by atoms with Crippen molar-refractivity contribution in [2.45, 2.75) is 32.7 Å². The van der Waals surface area contributed by atoms with E-state index < -0.39 is 0 Å². The van der Waals surface area contributed by atoms with E-state index in [1.54, 1.807) is 7.11 Å². The highest BCUT2D eigenvalue weighted by Crippen LogP contribution is 2.14. The normalized spacial score (nSPS) is 10.7. The zero-order chi connectivity index (χ0) is 15.7. The van der Waals surface area contributed by atoms with Gasteiger partial charge in [-0.15, -0.1) is 0 Å². The number of amides is 1. The molecule has 0 atom stereocenters. The number of hydrogen-bond donors (Lipinski definition) is 0. The van der Waals surface area contributed by atoms with Crippen LogP contribution in [0.5, 0.6) is 5.75 Å². The molecule has 1 amide bonds. The molecule has 0 heterocycles. The summed E-state index contributed by atoms with van der Waals surface area (Å²) >= 11 is 2.24. The predicted octanol–water partition coefficient (Wildman–Crippen LogP) is 3.33. The van der Waals surface area contributed by atoms with Crippen LogP contribution >= 0.6 is 22.6 Å². The van der Waals surface area contributed by atoms with Gasteiger partial charge in [-0.2, -0.15) is 0 Å². The lowest BCUT2D eigenvalue weighted by Gasteiger charge is -2.30. The first-order chi connectivity index (χ1) is 10.1. The molecular weight excluding hydrogens is 381 g/mol. The average Bonchev–Trinajstić information content (AvgIpc) is 2.50. The Balaban J connectivity index is 2.60. The molecule has 0 aliphatic heterocycles. The molecule has 1 aromatic rings. The summed E-state index contributed by atoms with van der Waals surface area (Å²) in [6.45, 7) is 5.42. The fourth-order valence-corrected chi connectivity index (χ4v) is 2.55. The van der Waals surface area contributed by atoms with Crippen LogP contribution in [-0.4, -0.2) is 43.7 Å². The van der Waals surface area contributed by atoms with Crippen LogP contribution in [0.3, 0.4) is 0 Å². The summed E-state index contributed by atoms with van der Waals surface area (Å²) in [6, 6.07) is 7.93. The lowest BCUT2D eigenvalue weighted by molar-refractivity contribution is -0.136. The fraction of sp³-hybridized carbons (Fsp3) is 0.562. The van der Waals surface area contributed by atoms with Crippen molar-refractivity contribution in [2.75, 3.05) is 26.9 Å². The van der Waals surface area contributed by atoms with E-state index in [0.717, 1.165) is 22.2 Å². The van der Waals surface area contributed by atoms with Gasteiger partial charge in [-0.3, -0.25) is 4.79 Å². The molecule has 0 spiro atoms. The Hall–Kier alpha value is -0.820. The van der Waals surface area contributed by atoms with Gasteiger partial charge in [0.1, 0.15) is 5.75 Å². The predicted molar refractivity (Wildman–Crippen MR) is 92.6 cm³/mol. The number of ether oxygens (including phenoxy) is 2. The molecule has 5 heteroatoms. The van der Waals surface area contributed by atoms with Crippen molar-refractivity contribution < 1.29 is 14.3 Å². The van der Waals surface area contributed by atoms with Crippen LogP contribution in [0, 0.1) is 3.57 Å². The molecule has 1 rings (SSSR count). The van der Waals surface area contributed by atoms with Gasteiger partial charge < -0.3 is 14.4 Å². The van der Waals surface area contributed by atoms with Crippen molar-refractivity contribution in [1.29, 1.82) is 0 Å². The second kappa shape index (κ2) is 10.00. The standard InChI is InChI=1S/C16H24INO3/c1-4-14(5-2)18(10-11-20-3)16(19)12-21-15-8-6-13(17)7-9-15/h6-9,14H,4-5,10-12H2,1-3H3. The Labute approximate surface area is 140 Å². The second-order valence-electron chi connectivity index (χ2n) is 4.79. The maximum Gasteiger partial charge on any atom is 0.260 e. The monoisotopic (exact) mass is 405 g/mol. The summed E-state index contributed by atoms with van der Waals surface area (Å²) in [4.78, 5) is 14.3. The minimum atomic E-state index is 0.0132. The van der Waals surface area contributed by atoms with Crippen LogP contribution in [0.1, 0.15) is 26.7 Å². The first-order valence-corrected chi connectivity index (χ1v) is 8.37. The van der Waals surface area contributed by atoms with E-state index >= 15 is 0 Å². The zero-order valence-electron chi connectivity index (χ0n) is 13.0. The van der Waals surface area contributed by atoms with Gasteiger partial charge in [0.2, 0.25) is 0 Å². The Morgan fingerprint density at radius 2 is 1.86 bits per heavy atom. The molecule has 0 saturated carbocycles. The van der Waals surface area contributed by atoms with Gasteiger partial charge >= 0.3 is 0 Å². The number of methoxy groups -OCH3 is 1. The number of carbonyl (C=O) groups is 1. The molecular formula is C16H24INO3. The van der Waals surface area contributed by atoms with Crippen LogP contribution in [0.25, 0.3) is 0 Å². The Morgan fingerprint density at radius 1 is 1.24 bits per heavy atom. The lowest BCUT2D eigenvalue weighted by Crippen LogP contribution is -2.44. The molecule has 4 nitrogen and oxygen atoms in total. The summed E-state index contributed by atoms with van der Waals surface area (Å²) in [6.07, 6.45) is 1.88. The van der Waals surface area contributed by atoms with Crippen LogP contribution in [0.2, 0.25) is 0 Å². The quantitative estimate of drug-likeness (QED) is 0.592. The third-order valence-electron chi connectivity index (χ3n) is 3.42. The van der Waals surface area contributed by atoms with Gasteiger partial charge in [0.05, 0.1) is 6.61 Å². The largest absolute Gasteiger partial charge is 0.484 e. The highest BCUT2D eigenvalue weighted by atomic mass is 127. The van der Waals surface area contributed by atoms with Crippen molar-refractivity contribution in [3.63, 3.8) is 0 Å². The minimum absolute atomic E-state index is 0.0132. The summed E-state index contributed by atoms with van der Waals surface area (Å²) in [5, 5.41) is 0. The Kier molecular flexibility index (Phi) is 8.68. The molecule has 0 N–H and O–H groups in total. The molecule has 1 aromatic carbocycles. The average molecular weight is 405 g/mol. The molecule has 0 saturated heterocycles. The van der Waals surface area contributed by atoms with Crippen molar-refractivity contribution in [2.24, 2.45) is 0 Å². The van der Waals surface area contributed by atoms with Gasteiger partial charge in [-0.1, -0.05) is 13.8 Å². The van der Waals surface area contributed by atoms with E-state index in [1.165, 1.54) is 0 Å². The molecule has 0 radical (unpaired) electrons. The topological polar surface area (TPSA) is 38.8 Å². The summed E-state index contributed by atoms with van der Waals surface area (Å²) in [5.41, 5.74) is 0. The molecule has 118 valence electrons. The zero-order valence-corrected chi connectivity index (χ0v) is 15.1. The number of carbonyl (C=O) groups excluding carboxylic acids is 1. The van der Waals surface area contributed by atoms with Crippen molar-refractivity contribution in [1.82, 2.24) is 4.90 Å². The van der Waals surface area contributed by atoms with Gasteiger partial charge in [0, 0.05) is 23.3 Å². The minimum Gasteiger partial charge on any atom is -0.484 e. The Bertz CT molecular complexity index is 418. The number of benzene rings is 1. The molecule has 21 heavy (non-hydrogen) atoms. The lowest BCUT2D eigenvalue weighted by atomic mass is 10.1. The highest BCUT2D eigenvalue weighted by molar-refractivity contribution is 14.1. The van der Waals surface area contributed by atoms with Crippen molar-refractivity contribution in [3.05, 3.63) is 27.8 Å². The number of nitrogens with zero attached hydrogens (tertiary/aromatic N) is 1. The molecule has 0 bridgehead atoms. The molecule has 0 aliphatic carbocycles. The van der Waals surface area contributed by atoms with Gasteiger partial charge in [-0.25, -0.2) is 0 Å². The fourth-order valence-electron chi connectivity index (χ4n) is 2.19. The maximum absolute atomic E-state index is 12.4. The van der Waals surface area contributed by atoms with E-state index in [2.05, 4.69) is 36.4 Å². The van der Waals surface area contributed by atoms with Gasteiger partial charge in [0.25, 0.3) is 5.91 Å². The summed E-state index contributed by atoms with van der Waals surface area (Å²) in [5.74, 6) is 0.735. The van der Waals surface area contributed by atoms with Crippen LogP contribution in [-0.2, 0) is 9.53 Å². The number of halogens is 1. The Morgan fingerprint density at radius 3 is 2.38 bits per heavy atom. The molecule has 0 aliphatic rings.